The van der Waals surface area contributed by atoms with Crippen LogP contribution >= 0.6 is 0 Å². The molecule has 1 aliphatic heterocycles. The van der Waals surface area contributed by atoms with E-state index < -0.39 is 0 Å². The summed E-state index contributed by atoms with van der Waals surface area (Å²) in [4.78, 5) is 13.0. The van der Waals surface area contributed by atoms with E-state index >= 15 is 0 Å². The van der Waals surface area contributed by atoms with E-state index in [1.165, 1.54) is 32.4 Å². The lowest BCUT2D eigenvalue weighted by Gasteiger charge is -2.22. The molecular formula is C11H25N3O+2. The summed E-state index contributed by atoms with van der Waals surface area (Å²) in [7, 11) is 0. The van der Waals surface area contributed by atoms with E-state index in [-0.39, 0.29) is 5.91 Å². The maximum Gasteiger partial charge on any atom is 0.270 e. The van der Waals surface area contributed by atoms with Crippen LogP contribution in [0.5, 0.6) is 0 Å². The molecule has 0 radical (unpaired) electrons. The van der Waals surface area contributed by atoms with Gasteiger partial charge in [-0.25, -0.2) is 10.9 Å². The molecule has 0 aromatic carbocycles. The molecule has 4 N–H and O–H groups in total. The molecular weight excluding hydrogens is 190 g/mol. The van der Waals surface area contributed by atoms with E-state index in [2.05, 4.69) is 19.3 Å². The van der Waals surface area contributed by atoms with Crippen LogP contribution in [0.15, 0.2) is 0 Å². The highest BCUT2D eigenvalue weighted by atomic mass is 16.2. The average Bonchev–Trinajstić information content (AvgIpc) is 2.25. The van der Waals surface area contributed by atoms with E-state index in [0.29, 0.717) is 12.5 Å². The molecule has 0 aromatic rings. The summed E-state index contributed by atoms with van der Waals surface area (Å²) in [6, 6.07) is 0.427. The highest BCUT2D eigenvalue weighted by Gasteiger charge is 2.15. The number of rotatable bonds is 5. The van der Waals surface area contributed by atoms with Crippen LogP contribution in [0, 0.1) is 0 Å². The number of hydrogen-bond acceptors (Lipinski definition) is 1. The number of likely N-dealkylation sites (tertiary alicyclic amines) is 1. The van der Waals surface area contributed by atoms with Crippen LogP contribution in [0.4, 0.5) is 0 Å². The molecule has 4 heteroatoms. The minimum absolute atomic E-state index is 0.168. The molecule has 0 aromatic heterocycles. The van der Waals surface area contributed by atoms with Crippen molar-refractivity contribution in [3.05, 3.63) is 0 Å². The molecule has 0 saturated carbocycles. The molecule has 0 spiro atoms. The van der Waals surface area contributed by atoms with E-state index in [9.17, 15) is 4.79 Å². The van der Waals surface area contributed by atoms with Gasteiger partial charge in [0.25, 0.3) is 5.91 Å². The van der Waals surface area contributed by atoms with Gasteiger partial charge in [-0.1, -0.05) is 0 Å². The molecule has 15 heavy (non-hydrogen) atoms. The lowest BCUT2D eigenvalue weighted by molar-refractivity contribution is -0.904. The van der Waals surface area contributed by atoms with Gasteiger partial charge in [0, 0.05) is 0 Å². The van der Waals surface area contributed by atoms with Crippen molar-refractivity contribution in [3.8, 4) is 0 Å². The Morgan fingerprint density at radius 2 is 2.00 bits per heavy atom. The highest BCUT2D eigenvalue weighted by molar-refractivity contribution is 5.74. The average molecular weight is 215 g/mol. The van der Waals surface area contributed by atoms with Crippen LogP contribution in [0.1, 0.15) is 39.5 Å². The van der Waals surface area contributed by atoms with Gasteiger partial charge in [-0.15, -0.1) is 0 Å². The molecule has 1 fully saturated rings. The molecule has 0 aliphatic carbocycles. The Morgan fingerprint density at radius 3 is 2.60 bits per heavy atom. The van der Waals surface area contributed by atoms with Gasteiger partial charge in [0.2, 0.25) is 0 Å². The second-order valence-electron chi connectivity index (χ2n) is 4.79. The van der Waals surface area contributed by atoms with Crippen molar-refractivity contribution in [2.24, 2.45) is 0 Å². The first kappa shape index (κ1) is 12.5. The Morgan fingerprint density at radius 1 is 1.33 bits per heavy atom. The smallest absolute Gasteiger partial charge is 0.270 e. The van der Waals surface area contributed by atoms with Crippen molar-refractivity contribution in [1.29, 1.82) is 0 Å². The van der Waals surface area contributed by atoms with E-state index in [0.717, 1.165) is 6.54 Å². The van der Waals surface area contributed by atoms with Crippen molar-refractivity contribution in [3.63, 3.8) is 0 Å². The summed E-state index contributed by atoms with van der Waals surface area (Å²) in [6.07, 6.45) is 4.69. The number of quaternary nitrogens is 2. The monoisotopic (exact) mass is 215 g/mol. The Balaban J connectivity index is 2.05. The van der Waals surface area contributed by atoms with Crippen LogP contribution in [0.2, 0.25) is 0 Å². The molecule has 1 heterocycles. The first-order chi connectivity index (χ1) is 7.18. The first-order valence-electron chi connectivity index (χ1n) is 6.15. The zero-order chi connectivity index (χ0) is 11.1. The van der Waals surface area contributed by atoms with Gasteiger partial charge in [-0.05, 0) is 33.1 Å². The van der Waals surface area contributed by atoms with Gasteiger partial charge in [-0.3, -0.25) is 4.79 Å². The molecule has 1 saturated heterocycles. The fourth-order valence-electron chi connectivity index (χ4n) is 1.92. The van der Waals surface area contributed by atoms with E-state index in [4.69, 9.17) is 0 Å². The summed E-state index contributed by atoms with van der Waals surface area (Å²) in [6.45, 7) is 7.63. The van der Waals surface area contributed by atoms with Crippen LogP contribution in [-0.4, -0.2) is 31.6 Å². The third kappa shape index (κ3) is 5.74. The Hall–Kier alpha value is -0.610. The SMILES string of the molecule is CC(C)[NH2+]NC(=O)CC[NH+]1CCCCC1. The second kappa shape index (κ2) is 6.80. The number of carbonyl (C=O) groups excluding carboxylic acids is 1. The molecule has 88 valence electrons. The van der Waals surface area contributed by atoms with E-state index in [1.807, 2.05) is 5.43 Å². The topological polar surface area (TPSA) is 50.1 Å². The van der Waals surface area contributed by atoms with Gasteiger partial charge in [-0.2, -0.15) is 0 Å². The summed E-state index contributed by atoms with van der Waals surface area (Å²) < 4.78 is 0. The maximum atomic E-state index is 11.4. The normalized spacial score (nSPS) is 18.1. The number of carbonyl (C=O) groups is 1. The molecule has 1 amide bonds. The van der Waals surface area contributed by atoms with Crippen molar-refractivity contribution in [2.75, 3.05) is 19.6 Å². The van der Waals surface area contributed by atoms with Crippen LogP contribution in [0.25, 0.3) is 0 Å². The Bertz CT molecular complexity index is 188. The van der Waals surface area contributed by atoms with Gasteiger partial charge >= 0.3 is 0 Å². The van der Waals surface area contributed by atoms with Gasteiger partial charge < -0.3 is 4.90 Å². The largest absolute Gasteiger partial charge is 0.335 e. The van der Waals surface area contributed by atoms with Crippen LogP contribution in [-0.2, 0) is 4.79 Å². The third-order valence-corrected chi connectivity index (χ3v) is 2.84. The Kier molecular flexibility index (Phi) is 5.65. The van der Waals surface area contributed by atoms with Gasteiger partial charge in [0.05, 0.1) is 26.1 Å². The zero-order valence-corrected chi connectivity index (χ0v) is 10.0. The maximum absolute atomic E-state index is 11.4. The predicted molar refractivity (Wildman–Crippen MR) is 59.2 cm³/mol. The quantitative estimate of drug-likeness (QED) is 0.290. The van der Waals surface area contributed by atoms with Crippen molar-refractivity contribution >= 4 is 5.91 Å². The zero-order valence-electron chi connectivity index (χ0n) is 10.0. The Labute approximate surface area is 92.4 Å². The molecule has 0 bridgehead atoms. The summed E-state index contributed by atoms with van der Waals surface area (Å²) in [5, 5.41) is 0. The van der Waals surface area contributed by atoms with Crippen LogP contribution in [0.3, 0.4) is 0 Å². The first-order valence-corrected chi connectivity index (χ1v) is 6.15. The minimum atomic E-state index is 0.168. The van der Waals surface area contributed by atoms with Crippen LogP contribution < -0.4 is 15.8 Å². The lowest BCUT2D eigenvalue weighted by Crippen LogP contribution is -3.13. The van der Waals surface area contributed by atoms with Crippen molar-refractivity contribution < 1.29 is 15.1 Å². The minimum Gasteiger partial charge on any atom is -0.335 e. The molecule has 0 atom stereocenters. The van der Waals surface area contributed by atoms with Crippen molar-refractivity contribution in [2.45, 2.75) is 45.6 Å². The molecule has 1 aliphatic rings. The number of nitrogens with two attached hydrogens (primary N) is 1. The molecule has 4 nitrogen and oxygen atoms in total. The lowest BCUT2D eigenvalue weighted by atomic mass is 10.1. The van der Waals surface area contributed by atoms with Gasteiger partial charge in [0.1, 0.15) is 6.04 Å². The van der Waals surface area contributed by atoms with E-state index in [1.54, 1.807) is 4.90 Å². The fraction of sp³-hybridized carbons (Fsp3) is 0.909. The third-order valence-electron chi connectivity index (χ3n) is 2.84. The predicted octanol–water partition coefficient (Wildman–Crippen LogP) is -1.55. The molecule has 1 rings (SSSR count). The number of piperidine rings is 1. The fourth-order valence-corrected chi connectivity index (χ4v) is 1.92. The highest BCUT2D eigenvalue weighted by Crippen LogP contribution is 1.94. The number of amides is 1. The number of hydrogen-bond donors (Lipinski definition) is 3. The summed E-state index contributed by atoms with van der Waals surface area (Å²) in [5.74, 6) is 0.168. The van der Waals surface area contributed by atoms with Crippen molar-refractivity contribution in [1.82, 2.24) is 5.43 Å². The van der Waals surface area contributed by atoms with Gasteiger partial charge in [0.15, 0.2) is 0 Å². The standard InChI is InChI=1S/C11H23N3O/c1-10(2)12-13-11(15)6-9-14-7-4-3-5-8-14/h10,12H,3-9H2,1-2H3,(H,13,15)/p+2. The second-order valence-corrected chi connectivity index (χ2v) is 4.79. The molecule has 0 unspecified atom stereocenters. The summed E-state index contributed by atoms with van der Waals surface area (Å²) >= 11 is 0. The summed E-state index contributed by atoms with van der Waals surface area (Å²) in [5.41, 5.74) is 4.71. The number of nitrogens with one attached hydrogen (secondary N) is 2.